The van der Waals surface area contributed by atoms with Crippen molar-refractivity contribution in [3.8, 4) is 0 Å². The van der Waals surface area contributed by atoms with Gasteiger partial charge in [-0.05, 0) is 20.0 Å². The molecule has 0 radical (unpaired) electrons. The Hall–Kier alpha value is -0.340. The van der Waals surface area contributed by atoms with Crippen LogP contribution < -0.4 is 11.1 Å². The second-order valence-electron chi connectivity index (χ2n) is 3.97. The molecule has 0 aromatic carbocycles. The molecule has 1 aliphatic heterocycles. The summed E-state index contributed by atoms with van der Waals surface area (Å²) in [5.41, 5.74) is 5.35. The van der Waals surface area contributed by atoms with Crippen LogP contribution >= 0.6 is 11.8 Å². The Labute approximate surface area is 106 Å². The maximum atomic E-state index is 9.80. The number of nitrogens with zero attached hydrogens (tertiary/aromatic N) is 1. The lowest BCUT2D eigenvalue weighted by Gasteiger charge is -2.36. The van der Waals surface area contributed by atoms with Crippen molar-refractivity contribution in [2.24, 2.45) is 10.7 Å². The minimum Gasteiger partial charge on any atom is -0.390 e. The van der Waals surface area contributed by atoms with E-state index in [9.17, 15) is 10.2 Å². The summed E-state index contributed by atoms with van der Waals surface area (Å²) < 4.78 is 5.70. The summed E-state index contributed by atoms with van der Waals surface area (Å²) in [6.45, 7) is 0.725. The van der Waals surface area contributed by atoms with Crippen molar-refractivity contribution < 1.29 is 14.9 Å². The first kappa shape index (κ1) is 14.7. The second kappa shape index (κ2) is 7.17. The fraction of sp³-hybridized carbons (Fsp3) is 0.900. The van der Waals surface area contributed by atoms with E-state index in [2.05, 4.69) is 10.3 Å². The maximum Gasteiger partial charge on any atom is 0.156 e. The summed E-state index contributed by atoms with van der Waals surface area (Å²) in [4.78, 5) is 3.83. The summed E-state index contributed by atoms with van der Waals surface area (Å²) in [5.74, 6) is 0. The van der Waals surface area contributed by atoms with Gasteiger partial charge in [-0.15, -0.1) is 0 Å². The first-order valence-corrected chi connectivity index (χ1v) is 6.51. The van der Waals surface area contributed by atoms with E-state index in [1.165, 1.54) is 11.8 Å². The van der Waals surface area contributed by atoms with Crippen LogP contribution in [0.4, 0.5) is 0 Å². The maximum absolute atomic E-state index is 9.80. The van der Waals surface area contributed by atoms with Gasteiger partial charge < -0.3 is 26.0 Å². The zero-order chi connectivity index (χ0) is 12.8. The van der Waals surface area contributed by atoms with Gasteiger partial charge >= 0.3 is 0 Å². The van der Waals surface area contributed by atoms with Gasteiger partial charge in [0.2, 0.25) is 0 Å². The monoisotopic (exact) mass is 263 g/mol. The number of hydrogen-bond acceptors (Lipinski definition) is 6. The molecule has 100 valence electrons. The molecule has 5 N–H and O–H groups in total. The van der Waals surface area contributed by atoms with E-state index in [1.54, 1.807) is 7.05 Å². The molecule has 0 saturated carbocycles. The lowest BCUT2D eigenvalue weighted by molar-refractivity contribution is -0.145. The number of amidine groups is 1. The summed E-state index contributed by atoms with van der Waals surface area (Å²) in [7, 11) is 3.44. The lowest BCUT2D eigenvalue weighted by Crippen LogP contribution is -2.48. The molecular formula is C10H21N3O3S. The first-order chi connectivity index (χ1) is 8.08. The van der Waals surface area contributed by atoms with Gasteiger partial charge in [-0.1, -0.05) is 11.8 Å². The third kappa shape index (κ3) is 4.44. The fourth-order valence-electron chi connectivity index (χ4n) is 1.70. The minimum absolute atomic E-state index is 0.251. The third-order valence-electron chi connectivity index (χ3n) is 2.69. The normalized spacial score (nSPS) is 34.9. The van der Waals surface area contributed by atoms with Gasteiger partial charge in [0.25, 0.3) is 0 Å². The number of ether oxygens (including phenoxy) is 1. The van der Waals surface area contributed by atoms with Crippen molar-refractivity contribution in [3.05, 3.63) is 0 Å². The molecule has 0 aliphatic carbocycles. The summed E-state index contributed by atoms with van der Waals surface area (Å²) >= 11 is 1.28. The molecule has 17 heavy (non-hydrogen) atoms. The minimum atomic E-state index is -0.833. The quantitative estimate of drug-likeness (QED) is 0.388. The number of aliphatic hydroxyl groups excluding tert-OH is 2. The van der Waals surface area contributed by atoms with Gasteiger partial charge in [0.1, 0.15) is 11.5 Å². The lowest BCUT2D eigenvalue weighted by atomic mass is 10.00. The zero-order valence-corrected chi connectivity index (χ0v) is 11.0. The van der Waals surface area contributed by atoms with Crippen LogP contribution in [0.25, 0.3) is 0 Å². The van der Waals surface area contributed by atoms with Crippen molar-refractivity contribution in [1.29, 1.82) is 0 Å². The number of aliphatic hydroxyl groups is 2. The van der Waals surface area contributed by atoms with Gasteiger partial charge in [0.05, 0.1) is 12.2 Å². The Bertz CT molecular complexity index is 265. The zero-order valence-electron chi connectivity index (χ0n) is 10.2. The van der Waals surface area contributed by atoms with Crippen LogP contribution in [0.5, 0.6) is 0 Å². The molecule has 1 saturated heterocycles. The van der Waals surface area contributed by atoms with E-state index in [1.807, 2.05) is 7.05 Å². The highest BCUT2D eigenvalue weighted by molar-refractivity contribution is 8.14. The number of nitrogens with one attached hydrogen (secondary N) is 1. The Morgan fingerprint density at radius 3 is 2.88 bits per heavy atom. The number of hydrogen-bond donors (Lipinski definition) is 4. The first-order valence-electron chi connectivity index (χ1n) is 5.63. The molecule has 0 spiro atoms. The smallest absolute Gasteiger partial charge is 0.156 e. The van der Waals surface area contributed by atoms with Crippen molar-refractivity contribution in [2.45, 2.75) is 36.6 Å². The van der Waals surface area contributed by atoms with Crippen LogP contribution in [0.3, 0.4) is 0 Å². The molecule has 1 fully saturated rings. The molecule has 1 aliphatic rings. The number of thioether (sulfide) groups is 1. The number of aliphatic imine (C=N–C) groups is 1. The van der Waals surface area contributed by atoms with E-state index in [0.717, 1.165) is 6.54 Å². The van der Waals surface area contributed by atoms with Crippen LogP contribution in [-0.2, 0) is 4.74 Å². The largest absolute Gasteiger partial charge is 0.390 e. The molecule has 1 rings (SSSR count). The van der Waals surface area contributed by atoms with Gasteiger partial charge in [0.15, 0.2) is 5.17 Å². The van der Waals surface area contributed by atoms with E-state index < -0.39 is 12.2 Å². The van der Waals surface area contributed by atoms with Crippen LogP contribution in [0.1, 0.15) is 12.8 Å². The summed E-state index contributed by atoms with van der Waals surface area (Å²) in [5, 5.41) is 23.0. The van der Waals surface area contributed by atoms with Crippen molar-refractivity contribution in [1.82, 2.24) is 5.32 Å². The van der Waals surface area contributed by atoms with Gasteiger partial charge in [-0.2, -0.15) is 0 Å². The Kier molecular flexibility index (Phi) is 6.21. The molecule has 4 unspecified atom stereocenters. The van der Waals surface area contributed by atoms with Crippen LogP contribution in [0.2, 0.25) is 0 Å². The van der Waals surface area contributed by atoms with Crippen LogP contribution in [0, 0.1) is 0 Å². The molecule has 4 atom stereocenters. The highest BCUT2D eigenvalue weighted by Gasteiger charge is 2.36. The Balaban J connectivity index is 2.53. The van der Waals surface area contributed by atoms with Crippen LogP contribution in [0.15, 0.2) is 4.99 Å². The topological polar surface area (TPSA) is 100 Å². The molecule has 0 bridgehead atoms. The van der Waals surface area contributed by atoms with Gasteiger partial charge in [-0.3, -0.25) is 4.99 Å². The second-order valence-corrected chi connectivity index (χ2v) is 5.15. The Morgan fingerprint density at radius 1 is 1.59 bits per heavy atom. The molecule has 0 aromatic rings. The van der Waals surface area contributed by atoms with E-state index in [-0.39, 0.29) is 11.5 Å². The molecular weight excluding hydrogens is 242 g/mol. The number of rotatable bonds is 4. The fourth-order valence-corrected chi connectivity index (χ4v) is 2.57. The van der Waals surface area contributed by atoms with E-state index >= 15 is 0 Å². The molecule has 7 heteroatoms. The molecule has 0 aromatic heterocycles. The summed E-state index contributed by atoms with van der Waals surface area (Å²) in [6.07, 6.45) is -0.964. The standard InChI is InChI=1S/C10H21N3O3S/c1-12-4-3-7-9(15)6(14)5-8(16-7)17-10(11)13-2/h6-9,12,14-15H,3-5H2,1-2H3,(H2,11,13). The number of nitrogens with two attached hydrogens (primary N) is 1. The van der Waals surface area contributed by atoms with E-state index in [4.69, 9.17) is 10.5 Å². The SMILES string of the molecule is CN=C(N)SC1CC(O)C(O)C(CCNC)O1. The highest BCUT2D eigenvalue weighted by atomic mass is 32.2. The predicted octanol–water partition coefficient (Wildman–Crippen LogP) is -0.890. The van der Waals surface area contributed by atoms with E-state index in [0.29, 0.717) is 18.0 Å². The third-order valence-corrected chi connectivity index (χ3v) is 3.68. The molecule has 0 amide bonds. The van der Waals surface area contributed by atoms with Crippen molar-refractivity contribution in [3.63, 3.8) is 0 Å². The highest BCUT2D eigenvalue weighted by Crippen LogP contribution is 2.29. The predicted molar refractivity (Wildman–Crippen MR) is 69.0 cm³/mol. The molecule has 6 nitrogen and oxygen atoms in total. The molecule has 1 heterocycles. The van der Waals surface area contributed by atoms with Crippen LogP contribution in [-0.4, -0.2) is 59.8 Å². The Morgan fingerprint density at radius 2 is 2.29 bits per heavy atom. The summed E-state index contributed by atoms with van der Waals surface area (Å²) in [6, 6.07) is 0. The van der Waals surface area contributed by atoms with Crippen molar-refractivity contribution >= 4 is 16.9 Å². The average molecular weight is 263 g/mol. The van der Waals surface area contributed by atoms with Crippen molar-refractivity contribution in [2.75, 3.05) is 20.6 Å². The van der Waals surface area contributed by atoms with Gasteiger partial charge in [0, 0.05) is 13.5 Å². The average Bonchev–Trinajstić information content (AvgIpc) is 2.31. The van der Waals surface area contributed by atoms with Gasteiger partial charge in [-0.25, -0.2) is 0 Å².